The summed E-state index contributed by atoms with van der Waals surface area (Å²) in [7, 11) is 4.74. The van der Waals surface area contributed by atoms with Crippen LogP contribution in [-0.2, 0) is 0 Å². The van der Waals surface area contributed by atoms with Crippen molar-refractivity contribution in [2.24, 2.45) is 0 Å². The quantitative estimate of drug-likeness (QED) is 0.639. The SMILES string of the molecule is [CH2]Oc1cc(Cl)nc(OC)c1. The lowest BCUT2D eigenvalue weighted by atomic mass is 10.4. The van der Waals surface area contributed by atoms with E-state index < -0.39 is 0 Å². The molecule has 0 aliphatic heterocycles. The summed E-state index contributed by atoms with van der Waals surface area (Å²) in [5.74, 6) is 0.943. The van der Waals surface area contributed by atoms with Gasteiger partial charge in [-0.1, -0.05) is 11.6 Å². The Labute approximate surface area is 69.9 Å². The number of hydrogen-bond acceptors (Lipinski definition) is 3. The molecule has 0 aliphatic carbocycles. The molecule has 3 nitrogen and oxygen atoms in total. The number of aromatic nitrogens is 1. The van der Waals surface area contributed by atoms with Crippen LogP contribution in [0.5, 0.6) is 11.6 Å². The summed E-state index contributed by atoms with van der Waals surface area (Å²) in [6.45, 7) is 0. The molecule has 0 aromatic carbocycles. The predicted molar refractivity (Wildman–Crippen MR) is 41.8 cm³/mol. The van der Waals surface area contributed by atoms with Gasteiger partial charge in [0, 0.05) is 12.1 Å². The minimum absolute atomic E-state index is 0.322. The molecule has 59 valence electrons. The average Bonchev–Trinajstić information content (AvgIpc) is 2.03. The van der Waals surface area contributed by atoms with Gasteiger partial charge in [0.1, 0.15) is 18.0 Å². The zero-order valence-corrected chi connectivity index (χ0v) is 6.76. The fourth-order valence-electron chi connectivity index (χ4n) is 0.638. The number of ether oxygens (including phenoxy) is 2. The van der Waals surface area contributed by atoms with E-state index in [2.05, 4.69) is 16.8 Å². The summed E-state index contributed by atoms with van der Waals surface area (Å²) < 4.78 is 9.52. The van der Waals surface area contributed by atoms with Crippen LogP contribution in [0.2, 0.25) is 5.15 Å². The van der Waals surface area contributed by atoms with Gasteiger partial charge in [0.15, 0.2) is 0 Å². The standard InChI is InChI=1S/C7H7ClNO2/c1-10-5-3-6(8)9-7(4-5)11-2/h3-4H,1H2,2H3. The summed E-state index contributed by atoms with van der Waals surface area (Å²) in [4.78, 5) is 3.84. The highest BCUT2D eigenvalue weighted by Gasteiger charge is 1.99. The molecule has 11 heavy (non-hydrogen) atoms. The van der Waals surface area contributed by atoms with Crippen molar-refractivity contribution in [1.82, 2.24) is 4.98 Å². The van der Waals surface area contributed by atoms with Crippen molar-refractivity contribution in [2.45, 2.75) is 0 Å². The molecule has 0 saturated carbocycles. The maximum absolute atomic E-state index is 5.61. The third-order valence-corrected chi connectivity index (χ3v) is 1.31. The molecule has 0 unspecified atom stereocenters. The van der Waals surface area contributed by atoms with E-state index in [1.165, 1.54) is 7.11 Å². The van der Waals surface area contributed by atoms with Gasteiger partial charge in [-0.3, -0.25) is 0 Å². The zero-order valence-electron chi connectivity index (χ0n) is 6.00. The highest BCUT2D eigenvalue weighted by Crippen LogP contribution is 2.21. The topological polar surface area (TPSA) is 31.4 Å². The molecular formula is C7H7ClNO2. The van der Waals surface area contributed by atoms with E-state index in [0.717, 1.165) is 0 Å². The van der Waals surface area contributed by atoms with Gasteiger partial charge < -0.3 is 9.47 Å². The fraction of sp³-hybridized carbons (Fsp3) is 0.143. The molecule has 0 saturated heterocycles. The van der Waals surface area contributed by atoms with Gasteiger partial charge in [0.25, 0.3) is 0 Å². The fourth-order valence-corrected chi connectivity index (χ4v) is 0.829. The van der Waals surface area contributed by atoms with Crippen molar-refractivity contribution in [3.05, 3.63) is 24.4 Å². The Balaban J connectivity index is 3.02. The summed E-state index contributed by atoms with van der Waals surface area (Å²) in [5.41, 5.74) is 0. The number of halogens is 1. The Hall–Kier alpha value is -0.960. The van der Waals surface area contributed by atoms with E-state index in [1.807, 2.05) is 0 Å². The first-order chi connectivity index (χ1) is 5.26. The molecular weight excluding hydrogens is 166 g/mol. The Bertz CT molecular complexity index is 230. The van der Waals surface area contributed by atoms with Crippen LogP contribution < -0.4 is 9.47 Å². The van der Waals surface area contributed by atoms with Crippen molar-refractivity contribution in [3.8, 4) is 11.6 Å². The molecule has 1 heterocycles. The average molecular weight is 173 g/mol. The second-order valence-corrected chi connectivity index (χ2v) is 2.20. The normalized spacial score (nSPS) is 9.36. The molecule has 0 bridgehead atoms. The number of hydrogen-bond donors (Lipinski definition) is 0. The van der Waals surface area contributed by atoms with Gasteiger partial charge in [-0.25, -0.2) is 4.98 Å². The van der Waals surface area contributed by atoms with Crippen molar-refractivity contribution in [2.75, 3.05) is 7.11 Å². The van der Waals surface area contributed by atoms with Crippen molar-refractivity contribution in [1.29, 1.82) is 0 Å². The van der Waals surface area contributed by atoms with Gasteiger partial charge in [-0.2, -0.15) is 0 Å². The first-order valence-corrected chi connectivity index (χ1v) is 3.27. The molecule has 1 rings (SSSR count). The number of methoxy groups -OCH3 is 1. The number of pyridine rings is 1. The van der Waals surface area contributed by atoms with Crippen molar-refractivity contribution in [3.63, 3.8) is 0 Å². The Morgan fingerprint density at radius 2 is 2.27 bits per heavy atom. The Kier molecular flexibility index (Phi) is 2.54. The maximum atomic E-state index is 5.61. The molecule has 1 radical (unpaired) electrons. The smallest absolute Gasteiger partial charge is 0.218 e. The van der Waals surface area contributed by atoms with Gasteiger partial charge in [-0.15, -0.1) is 0 Å². The van der Waals surface area contributed by atoms with Gasteiger partial charge in [-0.05, 0) is 0 Å². The lowest BCUT2D eigenvalue weighted by Crippen LogP contribution is -1.89. The summed E-state index contributed by atoms with van der Waals surface area (Å²) in [5, 5.41) is 0.322. The lowest BCUT2D eigenvalue weighted by Gasteiger charge is -2.02. The minimum atomic E-state index is 0.322. The second kappa shape index (κ2) is 3.44. The van der Waals surface area contributed by atoms with Crippen LogP contribution in [0.15, 0.2) is 12.1 Å². The third kappa shape index (κ3) is 1.98. The summed E-state index contributed by atoms with van der Waals surface area (Å²) in [6.07, 6.45) is 0. The van der Waals surface area contributed by atoms with Crippen molar-refractivity contribution < 1.29 is 9.47 Å². The molecule has 0 amide bonds. The summed E-state index contributed by atoms with van der Waals surface area (Å²) >= 11 is 5.61. The van der Waals surface area contributed by atoms with Crippen LogP contribution in [0.3, 0.4) is 0 Å². The summed E-state index contributed by atoms with van der Waals surface area (Å²) in [6, 6.07) is 3.15. The molecule has 1 aromatic rings. The molecule has 0 aliphatic rings. The maximum Gasteiger partial charge on any atom is 0.218 e. The molecule has 0 atom stereocenters. The predicted octanol–water partition coefficient (Wildman–Crippen LogP) is 1.91. The molecule has 0 spiro atoms. The van der Waals surface area contributed by atoms with Crippen LogP contribution in [0.25, 0.3) is 0 Å². The van der Waals surface area contributed by atoms with E-state index in [4.69, 9.17) is 16.3 Å². The van der Waals surface area contributed by atoms with Crippen LogP contribution in [0.4, 0.5) is 0 Å². The minimum Gasteiger partial charge on any atom is -0.490 e. The van der Waals surface area contributed by atoms with Crippen LogP contribution in [0.1, 0.15) is 0 Å². The Morgan fingerprint density at radius 1 is 1.55 bits per heavy atom. The largest absolute Gasteiger partial charge is 0.490 e. The van der Waals surface area contributed by atoms with E-state index in [9.17, 15) is 0 Å². The van der Waals surface area contributed by atoms with Crippen LogP contribution in [0, 0.1) is 7.11 Å². The molecule has 1 aromatic heterocycles. The van der Waals surface area contributed by atoms with Gasteiger partial charge in [0.05, 0.1) is 7.11 Å². The van der Waals surface area contributed by atoms with E-state index in [0.29, 0.717) is 16.8 Å². The first kappa shape index (κ1) is 8.14. The second-order valence-electron chi connectivity index (χ2n) is 1.81. The van der Waals surface area contributed by atoms with Crippen molar-refractivity contribution >= 4 is 11.6 Å². The van der Waals surface area contributed by atoms with E-state index in [-0.39, 0.29) is 0 Å². The molecule has 4 heteroatoms. The van der Waals surface area contributed by atoms with E-state index >= 15 is 0 Å². The van der Waals surface area contributed by atoms with Crippen LogP contribution in [-0.4, -0.2) is 12.1 Å². The van der Waals surface area contributed by atoms with Gasteiger partial charge >= 0.3 is 0 Å². The monoisotopic (exact) mass is 172 g/mol. The molecule has 0 fully saturated rings. The zero-order chi connectivity index (χ0) is 8.27. The van der Waals surface area contributed by atoms with Crippen LogP contribution >= 0.6 is 11.6 Å². The lowest BCUT2D eigenvalue weighted by molar-refractivity contribution is 0.391. The number of nitrogens with zero attached hydrogens (tertiary/aromatic N) is 1. The Morgan fingerprint density at radius 3 is 2.82 bits per heavy atom. The third-order valence-electron chi connectivity index (χ3n) is 1.12. The molecule has 0 N–H and O–H groups in total. The van der Waals surface area contributed by atoms with Gasteiger partial charge in [0.2, 0.25) is 5.88 Å². The first-order valence-electron chi connectivity index (χ1n) is 2.90. The van der Waals surface area contributed by atoms with E-state index in [1.54, 1.807) is 12.1 Å². The highest BCUT2D eigenvalue weighted by atomic mass is 35.5. The highest BCUT2D eigenvalue weighted by molar-refractivity contribution is 6.29. The number of rotatable bonds is 2.